The minimum Gasteiger partial charge on any atom is -0.377 e. The van der Waals surface area contributed by atoms with E-state index in [0.29, 0.717) is 12.1 Å². The molecule has 0 amide bonds. The molecule has 2 unspecified atom stereocenters. The summed E-state index contributed by atoms with van der Waals surface area (Å²) >= 11 is 1.75. The summed E-state index contributed by atoms with van der Waals surface area (Å²) in [6.07, 6.45) is 6.06. The van der Waals surface area contributed by atoms with Gasteiger partial charge in [-0.15, -0.1) is 11.3 Å². The van der Waals surface area contributed by atoms with E-state index in [4.69, 9.17) is 4.74 Å². The molecule has 1 aliphatic rings. The molecule has 0 saturated carbocycles. The monoisotopic (exact) mass is 276 g/mol. The second-order valence-corrected chi connectivity index (χ2v) is 6.14. The summed E-state index contributed by atoms with van der Waals surface area (Å²) in [5.74, 6) is 0. The molecule has 3 rings (SSSR count). The molecule has 3 heterocycles. The first-order valence-electron chi connectivity index (χ1n) is 7.01. The van der Waals surface area contributed by atoms with Gasteiger partial charge in [-0.1, -0.05) is 0 Å². The first-order valence-corrected chi connectivity index (χ1v) is 7.89. The Balaban J connectivity index is 1.60. The highest BCUT2D eigenvalue weighted by molar-refractivity contribution is 7.17. The van der Waals surface area contributed by atoms with E-state index in [-0.39, 0.29) is 0 Å². The Morgan fingerprint density at radius 2 is 2.47 bits per heavy atom. The molecule has 1 aliphatic heterocycles. The summed E-state index contributed by atoms with van der Waals surface area (Å²) in [7, 11) is 0. The van der Waals surface area contributed by atoms with Crippen molar-refractivity contribution < 1.29 is 4.74 Å². The van der Waals surface area contributed by atoms with Crippen molar-refractivity contribution in [1.29, 1.82) is 0 Å². The van der Waals surface area contributed by atoms with E-state index in [9.17, 15) is 0 Å². The van der Waals surface area contributed by atoms with Crippen molar-refractivity contribution in [3.63, 3.8) is 0 Å². The third-order valence-electron chi connectivity index (χ3n) is 3.75. The molecule has 19 heavy (non-hydrogen) atoms. The van der Waals surface area contributed by atoms with E-state index in [1.165, 1.54) is 29.5 Å². The Kier molecular flexibility index (Phi) is 4.11. The van der Waals surface area contributed by atoms with Gasteiger partial charge in [0.05, 0.1) is 16.3 Å². The maximum absolute atomic E-state index is 5.75. The van der Waals surface area contributed by atoms with E-state index in [0.717, 1.165) is 18.7 Å². The summed E-state index contributed by atoms with van der Waals surface area (Å²) < 4.78 is 7.01. The van der Waals surface area contributed by atoms with Crippen LogP contribution in [0.2, 0.25) is 0 Å². The Morgan fingerprint density at radius 1 is 1.53 bits per heavy atom. The smallest absolute Gasteiger partial charge is 0.0809 e. The molecule has 1 fully saturated rings. The van der Waals surface area contributed by atoms with Crippen molar-refractivity contribution in [2.75, 3.05) is 13.2 Å². The number of ether oxygens (including phenoxy) is 1. The minimum absolute atomic E-state index is 0.324. The van der Waals surface area contributed by atoms with Crippen molar-refractivity contribution in [3.8, 4) is 0 Å². The fraction of sp³-hybridized carbons (Fsp3) is 0.533. The van der Waals surface area contributed by atoms with Crippen molar-refractivity contribution in [3.05, 3.63) is 29.3 Å². The van der Waals surface area contributed by atoms with Crippen LogP contribution in [0.5, 0.6) is 0 Å². The predicted molar refractivity (Wildman–Crippen MR) is 79.6 cm³/mol. The van der Waals surface area contributed by atoms with Crippen LogP contribution in [0, 0.1) is 0 Å². The second kappa shape index (κ2) is 5.99. The number of hydrogen-bond donors (Lipinski definition) is 1. The molecule has 0 spiro atoms. The van der Waals surface area contributed by atoms with Crippen molar-refractivity contribution in [2.24, 2.45) is 0 Å². The zero-order valence-corrected chi connectivity index (χ0v) is 12.1. The van der Waals surface area contributed by atoms with Gasteiger partial charge in [-0.05, 0) is 49.3 Å². The van der Waals surface area contributed by atoms with Crippen LogP contribution in [0.4, 0.5) is 0 Å². The highest BCUT2D eigenvalue weighted by Crippen LogP contribution is 2.22. The molecule has 2 atom stereocenters. The van der Waals surface area contributed by atoms with E-state index in [1.807, 2.05) is 6.20 Å². The zero-order chi connectivity index (χ0) is 13.1. The van der Waals surface area contributed by atoms with Crippen molar-refractivity contribution >= 4 is 21.6 Å². The number of pyridine rings is 1. The average molecular weight is 276 g/mol. The van der Waals surface area contributed by atoms with Crippen molar-refractivity contribution in [2.45, 2.75) is 38.3 Å². The summed E-state index contributed by atoms with van der Waals surface area (Å²) in [6.45, 7) is 4.05. The fourth-order valence-electron chi connectivity index (χ4n) is 2.49. The van der Waals surface area contributed by atoms with Gasteiger partial charge >= 0.3 is 0 Å². The highest BCUT2D eigenvalue weighted by Gasteiger charge is 2.15. The molecule has 2 aromatic rings. The summed E-state index contributed by atoms with van der Waals surface area (Å²) in [4.78, 5) is 4.50. The van der Waals surface area contributed by atoms with E-state index >= 15 is 0 Å². The number of thiophene rings is 1. The first kappa shape index (κ1) is 13.0. The van der Waals surface area contributed by atoms with Crippen LogP contribution >= 0.6 is 11.3 Å². The van der Waals surface area contributed by atoms with Crippen LogP contribution in [-0.2, 0) is 4.74 Å². The summed E-state index contributed by atoms with van der Waals surface area (Å²) in [5, 5.41) is 5.66. The maximum atomic E-state index is 5.75. The van der Waals surface area contributed by atoms with Gasteiger partial charge in [0.25, 0.3) is 0 Å². The lowest BCUT2D eigenvalue weighted by molar-refractivity contribution is 0.0156. The Labute approximate surface area is 118 Å². The molecule has 1 N–H and O–H groups in total. The summed E-state index contributed by atoms with van der Waals surface area (Å²) in [6, 6.07) is 4.63. The molecule has 0 bridgehead atoms. The Bertz CT molecular complexity index is 534. The third kappa shape index (κ3) is 3.14. The quantitative estimate of drug-likeness (QED) is 0.928. The average Bonchev–Trinajstić information content (AvgIpc) is 2.93. The molecular formula is C15H20N2OS. The Morgan fingerprint density at radius 3 is 3.32 bits per heavy atom. The van der Waals surface area contributed by atoms with E-state index in [1.54, 1.807) is 11.3 Å². The molecule has 0 radical (unpaired) electrons. The molecule has 2 aromatic heterocycles. The second-order valence-electron chi connectivity index (χ2n) is 5.19. The van der Waals surface area contributed by atoms with Gasteiger partial charge in [-0.3, -0.25) is 4.98 Å². The van der Waals surface area contributed by atoms with Gasteiger partial charge in [-0.25, -0.2) is 0 Å². The lowest BCUT2D eigenvalue weighted by Crippen LogP contribution is -2.33. The van der Waals surface area contributed by atoms with Crippen LogP contribution in [0.25, 0.3) is 10.2 Å². The van der Waals surface area contributed by atoms with E-state index < -0.39 is 0 Å². The number of nitrogens with one attached hydrogen (secondary N) is 1. The number of rotatable bonds is 4. The molecule has 102 valence electrons. The van der Waals surface area contributed by atoms with Crippen LogP contribution in [-0.4, -0.2) is 24.2 Å². The minimum atomic E-state index is 0.324. The van der Waals surface area contributed by atoms with Gasteiger partial charge in [0.1, 0.15) is 0 Å². The van der Waals surface area contributed by atoms with Crippen LogP contribution < -0.4 is 5.32 Å². The third-order valence-corrected chi connectivity index (χ3v) is 4.60. The number of aromatic nitrogens is 1. The normalized spacial score (nSPS) is 21.6. The number of hydrogen-bond acceptors (Lipinski definition) is 4. The van der Waals surface area contributed by atoms with Crippen molar-refractivity contribution in [1.82, 2.24) is 10.3 Å². The number of fused-ring (bicyclic) bond motifs is 1. The van der Waals surface area contributed by atoms with Gasteiger partial charge in [-0.2, -0.15) is 0 Å². The molecular weight excluding hydrogens is 256 g/mol. The lowest BCUT2D eigenvalue weighted by Gasteiger charge is -2.24. The van der Waals surface area contributed by atoms with Gasteiger partial charge in [0, 0.05) is 25.4 Å². The molecule has 0 aliphatic carbocycles. The van der Waals surface area contributed by atoms with Gasteiger partial charge < -0.3 is 10.1 Å². The molecule has 3 nitrogen and oxygen atoms in total. The van der Waals surface area contributed by atoms with Crippen LogP contribution in [0.1, 0.15) is 37.8 Å². The van der Waals surface area contributed by atoms with Gasteiger partial charge in [0.15, 0.2) is 0 Å². The largest absolute Gasteiger partial charge is 0.377 e. The van der Waals surface area contributed by atoms with Crippen LogP contribution in [0.15, 0.2) is 23.7 Å². The topological polar surface area (TPSA) is 34.1 Å². The highest BCUT2D eigenvalue weighted by atomic mass is 32.1. The fourth-order valence-corrected chi connectivity index (χ4v) is 3.28. The maximum Gasteiger partial charge on any atom is 0.0809 e. The molecule has 0 aromatic carbocycles. The Hall–Kier alpha value is -0.970. The SMILES string of the molecule is CC(NCC1CCCCO1)c1cnc2ccsc2c1. The van der Waals surface area contributed by atoms with E-state index in [2.05, 4.69) is 34.7 Å². The van der Waals surface area contributed by atoms with Crippen LogP contribution in [0.3, 0.4) is 0 Å². The zero-order valence-electron chi connectivity index (χ0n) is 11.3. The summed E-state index contributed by atoms with van der Waals surface area (Å²) in [5.41, 5.74) is 2.35. The van der Waals surface area contributed by atoms with Gasteiger partial charge in [0.2, 0.25) is 0 Å². The molecule has 1 saturated heterocycles. The standard InChI is InChI=1S/C15H20N2OS/c1-11(16-10-13-4-2-3-6-18-13)12-8-15-14(17-9-12)5-7-19-15/h5,7-9,11,13,16H,2-4,6,10H2,1H3. The number of nitrogens with zero attached hydrogens (tertiary/aromatic N) is 1. The predicted octanol–water partition coefficient (Wildman–Crippen LogP) is 3.52. The first-order chi connectivity index (χ1) is 9.33. The lowest BCUT2D eigenvalue weighted by atomic mass is 10.1. The molecule has 4 heteroatoms.